The molecule has 15 nitrogen and oxygen atoms in total. The number of carbonyl (C=O) groups is 5. The van der Waals surface area contributed by atoms with Crippen LogP contribution in [0.4, 0.5) is 16.2 Å². The molecule has 0 saturated carbocycles. The van der Waals surface area contributed by atoms with E-state index in [1.165, 1.54) is 17.0 Å². The fourth-order valence-electron chi connectivity index (χ4n) is 10.2. The second-order valence-corrected chi connectivity index (χ2v) is 18.4. The second kappa shape index (κ2) is 19.4. The Morgan fingerprint density at radius 2 is 1.70 bits per heavy atom. The number of phenols is 1. The van der Waals surface area contributed by atoms with Crippen molar-refractivity contribution in [1.29, 1.82) is 0 Å². The zero-order chi connectivity index (χ0) is 46.9. The molecule has 1 unspecified atom stereocenters. The van der Waals surface area contributed by atoms with Gasteiger partial charge in [-0.25, -0.2) is 9.37 Å². The number of rotatable bonds is 13. The number of fused-ring (bicyclic) bond motifs is 3. The maximum Gasteiger partial charge on any atom is 0.255 e. The van der Waals surface area contributed by atoms with Crippen molar-refractivity contribution in [2.45, 2.75) is 70.4 Å². The molecule has 350 valence electrons. The standard InChI is InChI=1S/C50H55ClFN9O6/c1-3-45(64)59-19-21-60(22-20-59)47-39-27-41(51)37(36-26-33(62)23-31-7-4-5-8-34(31)36)28-42(39)54-50(56-47)53-14-11-46(65)57(2)15-6-16-58-17-12-30(13-18-58)35-24-32(52)25-38-40(35)29-61(49(38)67)43-9-10-44(63)55-48(43)66/h4-5,7-8,23-28,30,43,62H,3,6,9-22,29H2,1-2H3,(H,53,54,56)(H,55,63,66). The molecule has 3 N–H and O–H groups in total. The van der Waals surface area contributed by atoms with Gasteiger partial charge in [-0.15, -0.1) is 0 Å². The van der Waals surface area contributed by atoms with Crippen molar-refractivity contribution in [3.05, 3.63) is 88.2 Å². The van der Waals surface area contributed by atoms with Gasteiger partial charge in [0.25, 0.3) is 5.91 Å². The first kappa shape index (κ1) is 45.8. The molecule has 67 heavy (non-hydrogen) atoms. The van der Waals surface area contributed by atoms with E-state index in [-0.39, 0.29) is 61.1 Å². The predicted octanol–water partition coefficient (Wildman–Crippen LogP) is 6.30. The lowest BCUT2D eigenvalue weighted by atomic mass is 9.85. The largest absolute Gasteiger partial charge is 0.508 e. The zero-order valence-electron chi connectivity index (χ0n) is 37.8. The Morgan fingerprint density at radius 1 is 0.925 bits per heavy atom. The predicted molar refractivity (Wildman–Crippen MR) is 254 cm³/mol. The van der Waals surface area contributed by atoms with Crippen LogP contribution >= 0.6 is 11.6 Å². The van der Waals surface area contributed by atoms with Crippen LogP contribution in [0.25, 0.3) is 32.8 Å². The van der Waals surface area contributed by atoms with E-state index in [9.17, 15) is 33.5 Å². The smallest absolute Gasteiger partial charge is 0.255 e. The first-order chi connectivity index (χ1) is 32.3. The van der Waals surface area contributed by atoms with Crippen molar-refractivity contribution in [2.24, 2.45) is 0 Å². The lowest BCUT2D eigenvalue weighted by Gasteiger charge is -2.36. The van der Waals surface area contributed by atoms with Crippen molar-refractivity contribution in [1.82, 2.24) is 34.9 Å². The van der Waals surface area contributed by atoms with Gasteiger partial charge in [-0.2, -0.15) is 4.98 Å². The third kappa shape index (κ3) is 9.59. The highest BCUT2D eigenvalue weighted by atomic mass is 35.5. The topological polar surface area (TPSA) is 172 Å². The molecular weight excluding hydrogens is 877 g/mol. The number of carbonyl (C=O) groups excluding carboxylic acids is 5. The highest BCUT2D eigenvalue weighted by Crippen LogP contribution is 2.41. The number of amides is 5. The van der Waals surface area contributed by atoms with Crippen LogP contribution in [-0.4, -0.2) is 136 Å². The van der Waals surface area contributed by atoms with Crippen LogP contribution in [0.3, 0.4) is 0 Å². The zero-order valence-corrected chi connectivity index (χ0v) is 38.6. The number of imide groups is 1. The highest BCUT2D eigenvalue weighted by molar-refractivity contribution is 6.35. The van der Waals surface area contributed by atoms with Crippen molar-refractivity contribution < 1.29 is 33.5 Å². The summed E-state index contributed by atoms with van der Waals surface area (Å²) in [6.07, 6.45) is 3.43. The van der Waals surface area contributed by atoms with E-state index < -0.39 is 17.8 Å². The molecule has 9 rings (SSSR count). The summed E-state index contributed by atoms with van der Waals surface area (Å²) >= 11 is 7.03. The number of piperazine rings is 1. The number of nitrogens with zero attached hydrogens (tertiary/aromatic N) is 7. The fourth-order valence-corrected chi connectivity index (χ4v) is 10.4. The van der Waals surface area contributed by atoms with Crippen molar-refractivity contribution in [3.8, 4) is 16.9 Å². The Labute approximate surface area is 393 Å². The molecule has 0 bridgehead atoms. The van der Waals surface area contributed by atoms with Gasteiger partial charge in [0.2, 0.25) is 29.6 Å². The van der Waals surface area contributed by atoms with Gasteiger partial charge in [0.15, 0.2) is 0 Å². The number of nitrogens with one attached hydrogen (secondary N) is 2. The van der Waals surface area contributed by atoms with E-state index in [2.05, 4.69) is 20.4 Å². The van der Waals surface area contributed by atoms with Crippen molar-refractivity contribution in [3.63, 3.8) is 0 Å². The molecule has 0 aliphatic carbocycles. The molecule has 4 aromatic carbocycles. The van der Waals surface area contributed by atoms with Crippen molar-refractivity contribution >= 4 is 74.6 Å². The summed E-state index contributed by atoms with van der Waals surface area (Å²) in [5, 5.41) is 19.3. The summed E-state index contributed by atoms with van der Waals surface area (Å²) in [5.74, 6) is -0.349. The number of aromatic nitrogens is 2. The third-order valence-corrected chi connectivity index (χ3v) is 14.1. The number of likely N-dealkylation sites (tertiary alicyclic amines) is 1. The highest BCUT2D eigenvalue weighted by Gasteiger charge is 2.41. The summed E-state index contributed by atoms with van der Waals surface area (Å²) in [4.78, 5) is 83.0. The third-order valence-electron chi connectivity index (χ3n) is 13.8. The number of anilines is 2. The lowest BCUT2D eigenvalue weighted by molar-refractivity contribution is -0.137. The van der Waals surface area contributed by atoms with Gasteiger partial charge < -0.3 is 34.9 Å². The first-order valence-electron chi connectivity index (χ1n) is 23.3. The van der Waals surface area contributed by atoms with Gasteiger partial charge in [-0.1, -0.05) is 42.8 Å². The van der Waals surface area contributed by atoms with E-state index in [0.29, 0.717) is 79.1 Å². The minimum absolute atomic E-state index is 0.0189. The van der Waals surface area contributed by atoms with Crippen LogP contribution in [0.1, 0.15) is 79.3 Å². The Balaban J connectivity index is 0.809. The number of halogens is 2. The first-order valence-corrected chi connectivity index (χ1v) is 23.7. The summed E-state index contributed by atoms with van der Waals surface area (Å²) < 4.78 is 14.9. The monoisotopic (exact) mass is 931 g/mol. The normalized spacial score (nSPS) is 18.2. The molecule has 0 spiro atoms. The van der Waals surface area contributed by atoms with Gasteiger partial charge in [0.05, 0.1) is 5.52 Å². The molecule has 5 amide bonds. The van der Waals surface area contributed by atoms with Crippen molar-refractivity contribution in [2.75, 3.05) is 76.2 Å². The SMILES string of the molecule is CCC(=O)N1CCN(c2nc(NCCC(=O)N(C)CCCN3CCC(c4cc(F)cc5c4CN(C4CCC(=O)NC4=O)C5=O)CC3)nc3cc(-c4cc(O)cc5ccccc45)c(Cl)cc23)CC1. The maximum atomic E-state index is 14.9. The molecule has 3 fully saturated rings. The Bertz CT molecular complexity index is 2770. The number of hydrogen-bond acceptors (Lipinski definition) is 11. The van der Waals surface area contributed by atoms with E-state index in [1.807, 2.05) is 55.3 Å². The molecule has 5 heterocycles. The molecule has 3 saturated heterocycles. The summed E-state index contributed by atoms with van der Waals surface area (Å²) in [7, 11) is 1.81. The summed E-state index contributed by atoms with van der Waals surface area (Å²) in [5.41, 5.74) is 4.02. The average Bonchev–Trinajstić information content (AvgIpc) is 3.65. The van der Waals surface area contributed by atoms with E-state index in [0.717, 1.165) is 71.7 Å². The maximum absolute atomic E-state index is 14.9. The van der Waals surface area contributed by atoms with Gasteiger partial charge in [-0.3, -0.25) is 29.3 Å². The minimum atomic E-state index is -0.754. The van der Waals surface area contributed by atoms with E-state index >= 15 is 0 Å². The number of phenolic OH excluding ortho intramolecular Hbond substituents is 1. The van der Waals surface area contributed by atoms with Gasteiger partial charge in [-0.05, 0) is 115 Å². The van der Waals surface area contributed by atoms with Gasteiger partial charge in [0.1, 0.15) is 23.4 Å². The summed E-state index contributed by atoms with van der Waals surface area (Å²) in [6.45, 7) is 7.64. The number of piperidine rings is 2. The molecule has 1 atom stereocenters. The van der Waals surface area contributed by atoms with Gasteiger partial charge in [0, 0.05) is 93.7 Å². The van der Waals surface area contributed by atoms with Crippen LogP contribution in [0.2, 0.25) is 5.02 Å². The number of aromatic hydroxyl groups is 1. The molecule has 4 aliphatic rings. The second-order valence-electron chi connectivity index (χ2n) is 18.0. The number of benzene rings is 4. The van der Waals surface area contributed by atoms with Crippen LogP contribution < -0.4 is 15.5 Å². The Kier molecular flexibility index (Phi) is 13.3. The quantitative estimate of drug-likeness (QED) is 0.113. The lowest BCUT2D eigenvalue weighted by Crippen LogP contribution is -2.52. The van der Waals surface area contributed by atoms with Gasteiger partial charge >= 0.3 is 0 Å². The molecular formula is C50H55ClFN9O6. The molecule has 1 aromatic heterocycles. The minimum Gasteiger partial charge on any atom is -0.508 e. The Hall–Kier alpha value is -6.39. The molecule has 17 heteroatoms. The Morgan fingerprint density at radius 3 is 2.46 bits per heavy atom. The summed E-state index contributed by atoms with van der Waals surface area (Å²) in [6, 6.07) is 17.1. The average molecular weight is 932 g/mol. The van der Waals surface area contributed by atoms with E-state index in [4.69, 9.17) is 21.6 Å². The van der Waals surface area contributed by atoms with Crippen LogP contribution in [-0.2, 0) is 25.7 Å². The van der Waals surface area contributed by atoms with Crippen LogP contribution in [0.5, 0.6) is 5.75 Å². The fraction of sp³-hybridized carbons (Fsp3) is 0.420. The molecule has 5 aromatic rings. The van der Waals surface area contributed by atoms with Crippen LogP contribution in [0.15, 0.2) is 60.7 Å². The number of hydrogen-bond donors (Lipinski definition) is 3. The van der Waals surface area contributed by atoms with Crippen LogP contribution in [0, 0.1) is 5.82 Å². The molecule has 4 aliphatic heterocycles. The molecule has 0 radical (unpaired) electrons. The van der Waals surface area contributed by atoms with E-state index in [1.54, 1.807) is 17.0 Å².